The van der Waals surface area contributed by atoms with E-state index in [2.05, 4.69) is 15.2 Å². The van der Waals surface area contributed by atoms with Crippen molar-refractivity contribution in [2.45, 2.75) is 24.9 Å². The highest BCUT2D eigenvalue weighted by atomic mass is 32.2. The third-order valence-electron chi connectivity index (χ3n) is 4.72. The van der Waals surface area contributed by atoms with E-state index in [9.17, 15) is 31.7 Å². The van der Waals surface area contributed by atoms with Crippen LogP contribution in [0.15, 0.2) is 70.7 Å². The first kappa shape index (κ1) is 24.7. The van der Waals surface area contributed by atoms with Crippen molar-refractivity contribution in [3.8, 4) is 0 Å². The average molecular weight is 492 g/mol. The smallest absolute Gasteiger partial charge is 0.279 e. The minimum absolute atomic E-state index is 0.113. The summed E-state index contributed by atoms with van der Waals surface area (Å²) in [6, 6.07) is 12.6. The molecule has 0 spiro atoms. The molecule has 3 aromatic carbocycles. The van der Waals surface area contributed by atoms with Gasteiger partial charge in [0.15, 0.2) is 0 Å². The molecule has 0 aliphatic rings. The van der Waals surface area contributed by atoms with Gasteiger partial charge in [-0.25, -0.2) is 8.42 Å². The third-order valence-corrected chi connectivity index (χ3v) is 6.08. The standard InChI is InChI=1S/C22H19F3N4O4S/c1-14-6-8-19(15(2)10-14)28-34(32,33)18-7-9-20(21(12-18)29(30)31)27-26-13-16-4-3-5-17(11-16)22(23,24)25/h3-13,27-28H,1-2H3/b26-13+. The van der Waals surface area contributed by atoms with Crippen LogP contribution in [0.4, 0.5) is 30.2 Å². The van der Waals surface area contributed by atoms with E-state index in [1.807, 2.05) is 6.92 Å². The van der Waals surface area contributed by atoms with Crippen molar-refractivity contribution in [2.24, 2.45) is 5.10 Å². The summed E-state index contributed by atoms with van der Waals surface area (Å²) in [5, 5.41) is 15.3. The molecule has 0 amide bonds. The zero-order valence-electron chi connectivity index (χ0n) is 17.9. The van der Waals surface area contributed by atoms with Crippen LogP contribution in [0.1, 0.15) is 22.3 Å². The lowest BCUT2D eigenvalue weighted by Gasteiger charge is -2.12. The second kappa shape index (κ2) is 9.51. The number of anilines is 2. The monoisotopic (exact) mass is 492 g/mol. The summed E-state index contributed by atoms with van der Waals surface area (Å²) in [5.74, 6) is 0. The molecule has 2 N–H and O–H groups in total. The van der Waals surface area contributed by atoms with Gasteiger partial charge in [0, 0.05) is 6.07 Å². The van der Waals surface area contributed by atoms with Crippen molar-refractivity contribution in [3.63, 3.8) is 0 Å². The van der Waals surface area contributed by atoms with Crippen molar-refractivity contribution in [2.75, 3.05) is 10.1 Å². The molecule has 0 aromatic heterocycles. The first-order valence-electron chi connectivity index (χ1n) is 9.72. The molecule has 0 aliphatic carbocycles. The van der Waals surface area contributed by atoms with Crippen LogP contribution < -0.4 is 10.1 Å². The van der Waals surface area contributed by atoms with Gasteiger partial charge in [0.1, 0.15) is 5.69 Å². The van der Waals surface area contributed by atoms with E-state index in [-0.39, 0.29) is 16.1 Å². The molecule has 34 heavy (non-hydrogen) atoms. The minimum Gasteiger partial charge on any atom is -0.279 e. The van der Waals surface area contributed by atoms with Gasteiger partial charge in [0.2, 0.25) is 0 Å². The Kier molecular flexibility index (Phi) is 6.91. The largest absolute Gasteiger partial charge is 0.416 e. The summed E-state index contributed by atoms with van der Waals surface area (Å²) in [6.45, 7) is 3.58. The summed E-state index contributed by atoms with van der Waals surface area (Å²) in [5.41, 5.74) is 2.86. The maximum absolute atomic E-state index is 12.8. The fourth-order valence-electron chi connectivity index (χ4n) is 3.03. The molecule has 0 heterocycles. The lowest BCUT2D eigenvalue weighted by molar-refractivity contribution is -0.384. The molecule has 0 aliphatic heterocycles. The van der Waals surface area contributed by atoms with Crippen molar-refractivity contribution in [1.82, 2.24) is 0 Å². The molecule has 0 saturated heterocycles. The number of alkyl halides is 3. The Morgan fingerprint density at radius 2 is 1.71 bits per heavy atom. The zero-order valence-corrected chi connectivity index (χ0v) is 18.7. The molecule has 178 valence electrons. The van der Waals surface area contributed by atoms with Crippen molar-refractivity contribution < 1.29 is 26.5 Å². The molecule has 12 heteroatoms. The Labute approximate surface area is 193 Å². The Morgan fingerprint density at radius 3 is 2.35 bits per heavy atom. The third kappa shape index (κ3) is 5.90. The van der Waals surface area contributed by atoms with Gasteiger partial charge < -0.3 is 0 Å². The van der Waals surface area contributed by atoms with E-state index in [1.54, 1.807) is 25.1 Å². The highest BCUT2D eigenvalue weighted by molar-refractivity contribution is 7.92. The molecule has 3 rings (SSSR count). The van der Waals surface area contributed by atoms with Crippen LogP contribution in [-0.4, -0.2) is 19.6 Å². The first-order chi connectivity index (χ1) is 15.9. The van der Waals surface area contributed by atoms with Crippen molar-refractivity contribution in [3.05, 3.63) is 93.0 Å². The molecule has 0 fully saturated rings. The number of aryl methyl sites for hydroxylation is 2. The molecule has 8 nitrogen and oxygen atoms in total. The van der Waals surface area contributed by atoms with Gasteiger partial charge >= 0.3 is 6.18 Å². The second-order valence-electron chi connectivity index (χ2n) is 7.35. The number of rotatable bonds is 7. The van der Waals surface area contributed by atoms with Gasteiger partial charge in [-0.15, -0.1) is 0 Å². The molecule has 3 aromatic rings. The molecule has 0 atom stereocenters. The second-order valence-corrected chi connectivity index (χ2v) is 9.04. The summed E-state index contributed by atoms with van der Waals surface area (Å²) in [6.07, 6.45) is -3.46. The van der Waals surface area contributed by atoms with Gasteiger partial charge in [-0.2, -0.15) is 18.3 Å². The average Bonchev–Trinajstić information content (AvgIpc) is 2.75. The van der Waals surface area contributed by atoms with Crippen LogP contribution in [-0.2, 0) is 16.2 Å². The van der Waals surface area contributed by atoms with Crippen LogP contribution in [0.2, 0.25) is 0 Å². The van der Waals surface area contributed by atoms with Gasteiger partial charge in [0.05, 0.1) is 27.3 Å². The Balaban J connectivity index is 1.84. The van der Waals surface area contributed by atoms with Crippen LogP contribution >= 0.6 is 0 Å². The quantitative estimate of drug-likeness (QED) is 0.258. The SMILES string of the molecule is Cc1ccc(NS(=O)(=O)c2ccc(N/N=C/c3cccc(C(F)(F)F)c3)c([N+](=O)[O-])c2)c(C)c1. The number of nitrogens with zero attached hydrogens (tertiary/aromatic N) is 2. The van der Waals surface area contributed by atoms with E-state index < -0.39 is 32.4 Å². The summed E-state index contributed by atoms with van der Waals surface area (Å²) in [7, 11) is -4.13. The minimum atomic E-state index is -4.53. The number of nitro groups is 1. The predicted molar refractivity (Wildman–Crippen MR) is 122 cm³/mol. The molecule has 0 bridgehead atoms. The van der Waals surface area contributed by atoms with Crippen LogP contribution in [0.25, 0.3) is 0 Å². The number of nitro benzene ring substituents is 1. The van der Waals surface area contributed by atoms with Crippen LogP contribution in [0.5, 0.6) is 0 Å². The molecular weight excluding hydrogens is 473 g/mol. The normalized spacial score (nSPS) is 12.0. The number of hydrogen-bond donors (Lipinski definition) is 2. The van der Waals surface area contributed by atoms with E-state index >= 15 is 0 Å². The van der Waals surface area contributed by atoms with Gasteiger partial charge in [-0.05, 0) is 55.3 Å². The maximum atomic E-state index is 12.8. The van der Waals surface area contributed by atoms with Crippen LogP contribution in [0.3, 0.4) is 0 Å². The van der Waals surface area contributed by atoms with Gasteiger partial charge in [-0.1, -0.05) is 29.8 Å². The summed E-state index contributed by atoms with van der Waals surface area (Å²) < 4.78 is 66.4. The summed E-state index contributed by atoms with van der Waals surface area (Å²) >= 11 is 0. The van der Waals surface area contributed by atoms with Gasteiger partial charge in [0.25, 0.3) is 15.7 Å². The number of nitrogens with one attached hydrogen (secondary N) is 2. The topological polar surface area (TPSA) is 114 Å². The fraction of sp³-hybridized carbons (Fsp3) is 0.136. The Hall–Kier alpha value is -3.93. The van der Waals surface area contributed by atoms with E-state index in [0.29, 0.717) is 11.3 Å². The Morgan fingerprint density at radius 1 is 1.00 bits per heavy atom. The molecule has 0 unspecified atom stereocenters. The van der Waals surface area contributed by atoms with E-state index in [4.69, 9.17) is 0 Å². The fourth-order valence-corrected chi connectivity index (χ4v) is 4.18. The lowest BCUT2D eigenvalue weighted by Crippen LogP contribution is -2.14. The number of benzene rings is 3. The lowest BCUT2D eigenvalue weighted by atomic mass is 10.1. The highest BCUT2D eigenvalue weighted by Crippen LogP contribution is 2.30. The zero-order chi connectivity index (χ0) is 25.1. The predicted octanol–water partition coefficient (Wildman–Crippen LogP) is 5.48. The number of halogens is 3. The van der Waals surface area contributed by atoms with Crippen LogP contribution in [0, 0.1) is 24.0 Å². The van der Waals surface area contributed by atoms with Crippen molar-refractivity contribution in [1.29, 1.82) is 0 Å². The molecule has 0 radical (unpaired) electrons. The number of hydrogen-bond acceptors (Lipinski definition) is 6. The highest BCUT2D eigenvalue weighted by Gasteiger charge is 2.30. The van der Waals surface area contributed by atoms with E-state index in [1.165, 1.54) is 12.1 Å². The molecular formula is C22H19F3N4O4S. The molecule has 0 saturated carbocycles. The number of sulfonamides is 1. The van der Waals surface area contributed by atoms with Crippen molar-refractivity contribution >= 4 is 33.3 Å². The van der Waals surface area contributed by atoms with E-state index in [0.717, 1.165) is 42.1 Å². The Bertz CT molecular complexity index is 1370. The first-order valence-corrected chi connectivity index (χ1v) is 11.2. The number of hydrazone groups is 1. The maximum Gasteiger partial charge on any atom is 0.416 e. The summed E-state index contributed by atoms with van der Waals surface area (Å²) in [4.78, 5) is 10.4. The van der Waals surface area contributed by atoms with Gasteiger partial charge in [-0.3, -0.25) is 20.3 Å².